The second kappa shape index (κ2) is 5.28. The van der Waals surface area contributed by atoms with Crippen LogP contribution in [0.4, 0.5) is 0 Å². The predicted octanol–water partition coefficient (Wildman–Crippen LogP) is 2.85. The summed E-state index contributed by atoms with van der Waals surface area (Å²) in [5.74, 6) is 0.694. The molecular weight excluding hydrogens is 175 g/mol. The highest BCUT2D eigenvalue weighted by atomic mass is 31.1. The molecule has 1 N–H and O–H groups in total. The Kier molecular flexibility index (Phi) is 5.11. The molecule has 70 valence electrons. The van der Waals surface area contributed by atoms with E-state index in [1.54, 1.807) is 0 Å². The van der Waals surface area contributed by atoms with Crippen molar-refractivity contribution in [3.8, 4) is 0 Å². The summed E-state index contributed by atoms with van der Waals surface area (Å²) < 4.78 is 14.8. The third-order valence-electron chi connectivity index (χ3n) is 1.61. The van der Waals surface area contributed by atoms with Crippen LogP contribution in [-0.4, -0.2) is 4.89 Å². The van der Waals surface area contributed by atoms with Crippen molar-refractivity contribution in [2.24, 2.45) is 11.8 Å². The summed E-state index contributed by atoms with van der Waals surface area (Å²) in [6.07, 6.45) is 1.40. The lowest BCUT2D eigenvalue weighted by Crippen LogP contribution is -2.01. The van der Waals surface area contributed by atoms with Gasteiger partial charge < -0.3 is 0 Å². The van der Waals surface area contributed by atoms with Crippen molar-refractivity contribution in [2.75, 3.05) is 0 Å². The molecule has 0 aromatic carbocycles. The van der Waals surface area contributed by atoms with Gasteiger partial charge in [0, 0.05) is 4.57 Å². The molecule has 0 aromatic rings. The molecular formula is C8H16O3P+. The largest absolute Gasteiger partial charge is 0.746 e. The molecule has 1 atom stereocenters. The summed E-state index contributed by atoms with van der Waals surface area (Å²) in [6.45, 7) is 8.11. The second-order valence-electron chi connectivity index (χ2n) is 3.27. The minimum absolute atomic E-state index is 0.347. The molecule has 0 saturated carbocycles. The van der Waals surface area contributed by atoms with Crippen LogP contribution in [0.5, 0.6) is 0 Å². The number of rotatable bonds is 4. The van der Waals surface area contributed by atoms with E-state index in [0.29, 0.717) is 11.8 Å². The van der Waals surface area contributed by atoms with Gasteiger partial charge in [-0.05, 0) is 17.4 Å². The summed E-state index contributed by atoms with van der Waals surface area (Å²) in [7, 11) is -2.51. The van der Waals surface area contributed by atoms with Gasteiger partial charge in [0.2, 0.25) is 0 Å². The fraction of sp³-hybridized carbons (Fsp3) is 0.750. The molecule has 0 aliphatic carbocycles. The third kappa shape index (κ3) is 4.47. The predicted molar refractivity (Wildman–Crippen MR) is 48.7 cm³/mol. The van der Waals surface area contributed by atoms with Crippen LogP contribution in [-0.2, 0) is 9.09 Å². The van der Waals surface area contributed by atoms with Crippen LogP contribution in [0.2, 0.25) is 0 Å². The van der Waals surface area contributed by atoms with Crippen molar-refractivity contribution in [3.63, 3.8) is 0 Å². The molecule has 0 spiro atoms. The maximum absolute atomic E-state index is 10.2. The topological polar surface area (TPSA) is 46.5 Å². The molecule has 0 radical (unpaired) electrons. The first-order chi connectivity index (χ1) is 5.45. The van der Waals surface area contributed by atoms with Crippen molar-refractivity contribution in [1.29, 1.82) is 0 Å². The maximum atomic E-state index is 10.2. The van der Waals surface area contributed by atoms with E-state index in [9.17, 15) is 4.57 Å². The lowest BCUT2D eigenvalue weighted by Gasteiger charge is -2.12. The van der Waals surface area contributed by atoms with Gasteiger partial charge in [-0.2, -0.15) is 0 Å². The van der Waals surface area contributed by atoms with Crippen LogP contribution < -0.4 is 0 Å². The van der Waals surface area contributed by atoms with Gasteiger partial charge in [-0.25, -0.2) is 4.52 Å². The molecule has 4 heteroatoms. The van der Waals surface area contributed by atoms with Gasteiger partial charge >= 0.3 is 8.25 Å². The van der Waals surface area contributed by atoms with Crippen molar-refractivity contribution in [2.45, 2.75) is 27.7 Å². The summed E-state index contributed by atoms with van der Waals surface area (Å²) in [5.41, 5.74) is 1.05. The number of hydrogen-bond donors (Lipinski definition) is 1. The highest BCUT2D eigenvalue weighted by molar-refractivity contribution is 7.32. The maximum Gasteiger partial charge on any atom is 0.746 e. The monoisotopic (exact) mass is 191 g/mol. The third-order valence-corrected chi connectivity index (χ3v) is 1.90. The standard InChI is InChI=1S/C8H15O3P/c1-6(2)8(7(3)4)5-11-12(9)10/h5-7H,1-4H3/p+1. The van der Waals surface area contributed by atoms with E-state index in [1.165, 1.54) is 6.26 Å². The molecule has 0 rings (SSSR count). The first kappa shape index (κ1) is 11.6. The first-order valence-corrected chi connectivity index (χ1v) is 5.11. The molecule has 0 aliphatic rings. The van der Waals surface area contributed by atoms with Crippen molar-refractivity contribution in [3.05, 3.63) is 11.8 Å². The zero-order valence-electron chi connectivity index (χ0n) is 7.94. The Labute approximate surface area is 74.4 Å². The van der Waals surface area contributed by atoms with Crippen LogP contribution in [0.3, 0.4) is 0 Å². The Morgan fingerprint density at radius 1 is 1.33 bits per heavy atom. The Bertz CT molecular complexity index is 175. The number of hydrogen-bond acceptors (Lipinski definition) is 2. The zero-order valence-corrected chi connectivity index (χ0v) is 8.84. The van der Waals surface area contributed by atoms with E-state index in [4.69, 9.17) is 4.89 Å². The molecule has 0 heterocycles. The van der Waals surface area contributed by atoms with Gasteiger partial charge in [0.25, 0.3) is 0 Å². The van der Waals surface area contributed by atoms with Crippen molar-refractivity contribution < 1.29 is 14.0 Å². The molecule has 12 heavy (non-hydrogen) atoms. The molecule has 0 aliphatic heterocycles. The first-order valence-electron chi connectivity index (χ1n) is 3.98. The smallest absolute Gasteiger partial charge is 0.237 e. The van der Waals surface area contributed by atoms with Gasteiger partial charge in [0.1, 0.15) is 0 Å². The van der Waals surface area contributed by atoms with Crippen LogP contribution in [0.1, 0.15) is 27.7 Å². The van der Waals surface area contributed by atoms with Gasteiger partial charge in [0.05, 0.1) is 0 Å². The molecule has 0 bridgehead atoms. The quantitative estimate of drug-likeness (QED) is 0.549. The van der Waals surface area contributed by atoms with E-state index in [0.717, 1.165) is 5.57 Å². The summed E-state index contributed by atoms with van der Waals surface area (Å²) >= 11 is 0. The average Bonchev–Trinajstić information content (AvgIpc) is 1.84. The average molecular weight is 191 g/mol. The highest BCUT2D eigenvalue weighted by Gasteiger charge is 2.14. The molecule has 3 nitrogen and oxygen atoms in total. The van der Waals surface area contributed by atoms with E-state index in [1.807, 2.05) is 27.7 Å². The highest BCUT2D eigenvalue weighted by Crippen LogP contribution is 2.23. The zero-order chi connectivity index (χ0) is 9.72. The van der Waals surface area contributed by atoms with E-state index in [2.05, 4.69) is 4.52 Å². The van der Waals surface area contributed by atoms with Gasteiger partial charge in [-0.3, -0.25) is 0 Å². The van der Waals surface area contributed by atoms with Crippen LogP contribution in [0.15, 0.2) is 11.8 Å². The van der Waals surface area contributed by atoms with Gasteiger partial charge in [-0.1, -0.05) is 27.7 Å². The minimum Gasteiger partial charge on any atom is -0.237 e. The Hall–Kier alpha value is -0.400. The van der Waals surface area contributed by atoms with Crippen molar-refractivity contribution >= 4 is 8.25 Å². The Balaban J connectivity index is 4.29. The molecule has 0 amide bonds. The molecule has 0 aromatic heterocycles. The lowest BCUT2D eigenvalue weighted by atomic mass is 9.94. The van der Waals surface area contributed by atoms with Gasteiger partial charge in [0.15, 0.2) is 6.26 Å². The molecule has 0 saturated heterocycles. The van der Waals surface area contributed by atoms with Crippen molar-refractivity contribution in [1.82, 2.24) is 0 Å². The SMILES string of the molecule is CC(C)C(=CO[P+](=O)O)C(C)C. The Morgan fingerprint density at radius 3 is 2.00 bits per heavy atom. The normalized spacial score (nSPS) is 11.8. The molecule has 1 unspecified atom stereocenters. The van der Waals surface area contributed by atoms with E-state index in [-0.39, 0.29) is 0 Å². The summed E-state index contributed by atoms with van der Waals surface area (Å²) in [5, 5.41) is 0. The van der Waals surface area contributed by atoms with E-state index >= 15 is 0 Å². The van der Waals surface area contributed by atoms with Crippen LogP contribution in [0, 0.1) is 11.8 Å². The Morgan fingerprint density at radius 2 is 1.75 bits per heavy atom. The van der Waals surface area contributed by atoms with Gasteiger partial charge in [-0.15, -0.1) is 4.89 Å². The minimum atomic E-state index is -2.51. The van der Waals surface area contributed by atoms with E-state index < -0.39 is 8.25 Å². The second-order valence-corrected chi connectivity index (χ2v) is 3.96. The van der Waals surface area contributed by atoms with Crippen LogP contribution >= 0.6 is 8.25 Å². The summed E-state index contributed by atoms with van der Waals surface area (Å²) in [6, 6.07) is 0. The lowest BCUT2D eigenvalue weighted by molar-refractivity contribution is 0.369. The fourth-order valence-electron chi connectivity index (χ4n) is 1.04. The summed E-state index contributed by atoms with van der Waals surface area (Å²) in [4.78, 5) is 8.41. The molecule has 0 fully saturated rings. The van der Waals surface area contributed by atoms with Crippen LogP contribution in [0.25, 0.3) is 0 Å². The number of allylic oxidation sites excluding steroid dienone is 1. The fourth-order valence-corrected chi connectivity index (χ4v) is 1.26.